The molecule has 0 radical (unpaired) electrons. The van der Waals surface area contributed by atoms with Crippen molar-refractivity contribution in [3.05, 3.63) is 22.7 Å². The summed E-state index contributed by atoms with van der Waals surface area (Å²) < 4.78 is 33.2. The molecule has 1 aromatic carbocycles. The Balaban J connectivity index is 0.00000242. The first-order chi connectivity index (χ1) is 10.0. The lowest BCUT2D eigenvalue weighted by Crippen LogP contribution is -2.47. The van der Waals surface area contributed by atoms with Gasteiger partial charge in [0.05, 0.1) is 16.0 Å². The summed E-state index contributed by atoms with van der Waals surface area (Å²) in [4.78, 5) is 0.276. The second-order valence-electron chi connectivity index (χ2n) is 5.03. The zero-order chi connectivity index (χ0) is 15.5. The standard InChI is InChI=1S/C14H21BrN2O3S.ClH/c1-2-20-14-7-6-12(9-13(14)15)21(18,19)17-8-4-3-5-11(17)10-16;/h6-7,9,11H,2-5,8,10,16H2,1H3;1H. The highest BCUT2D eigenvalue weighted by molar-refractivity contribution is 9.10. The van der Waals surface area contributed by atoms with Crippen LogP contribution in [0, 0.1) is 0 Å². The predicted octanol–water partition coefficient (Wildman–Crippen LogP) is 2.77. The number of rotatable bonds is 5. The van der Waals surface area contributed by atoms with Crippen LogP contribution in [0.4, 0.5) is 0 Å². The minimum Gasteiger partial charge on any atom is -0.493 e. The third-order valence-electron chi connectivity index (χ3n) is 3.65. The first-order valence-electron chi connectivity index (χ1n) is 7.15. The lowest BCUT2D eigenvalue weighted by molar-refractivity contribution is 0.257. The summed E-state index contributed by atoms with van der Waals surface area (Å²) in [5.74, 6) is 0.644. The van der Waals surface area contributed by atoms with Gasteiger partial charge in [-0.2, -0.15) is 4.31 Å². The molecule has 1 unspecified atom stereocenters. The molecule has 22 heavy (non-hydrogen) atoms. The third kappa shape index (κ3) is 4.14. The van der Waals surface area contributed by atoms with Crippen LogP contribution in [-0.2, 0) is 10.0 Å². The molecule has 1 fully saturated rings. The maximum absolute atomic E-state index is 12.8. The van der Waals surface area contributed by atoms with Crippen LogP contribution in [0.5, 0.6) is 5.75 Å². The Kier molecular flexibility index (Phi) is 7.61. The van der Waals surface area contributed by atoms with Crippen molar-refractivity contribution in [3.8, 4) is 5.75 Å². The molecular weight excluding hydrogens is 392 g/mol. The third-order valence-corrected chi connectivity index (χ3v) is 6.22. The average molecular weight is 414 g/mol. The van der Waals surface area contributed by atoms with Gasteiger partial charge in [-0.3, -0.25) is 0 Å². The molecule has 8 heteroatoms. The van der Waals surface area contributed by atoms with Crippen molar-refractivity contribution < 1.29 is 13.2 Å². The summed E-state index contributed by atoms with van der Waals surface area (Å²) in [6.45, 7) is 3.31. The number of benzene rings is 1. The van der Waals surface area contributed by atoms with E-state index in [1.165, 1.54) is 0 Å². The first-order valence-corrected chi connectivity index (χ1v) is 9.38. The summed E-state index contributed by atoms with van der Waals surface area (Å²) in [7, 11) is -3.51. The zero-order valence-corrected chi connectivity index (χ0v) is 15.7. The fraction of sp³-hybridized carbons (Fsp3) is 0.571. The maximum atomic E-state index is 12.8. The topological polar surface area (TPSA) is 72.6 Å². The largest absolute Gasteiger partial charge is 0.493 e. The molecule has 0 saturated carbocycles. The minimum atomic E-state index is -3.51. The number of nitrogens with zero attached hydrogens (tertiary/aromatic N) is 1. The van der Waals surface area contributed by atoms with Crippen molar-refractivity contribution in [2.24, 2.45) is 5.73 Å². The van der Waals surface area contributed by atoms with E-state index in [4.69, 9.17) is 10.5 Å². The van der Waals surface area contributed by atoms with Crippen molar-refractivity contribution in [2.45, 2.75) is 37.1 Å². The van der Waals surface area contributed by atoms with Gasteiger partial charge in [-0.15, -0.1) is 12.4 Å². The highest BCUT2D eigenvalue weighted by atomic mass is 79.9. The summed E-state index contributed by atoms with van der Waals surface area (Å²) in [5.41, 5.74) is 5.73. The van der Waals surface area contributed by atoms with Crippen molar-refractivity contribution >= 4 is 38.4 Å². The van der Waals surface area contributed by atoms with Gasteiger partial charge in [0.15, 0.2) is 0 Å². The van der Waals surface area contributed by atoms with Crippen LogP contribution >= 0.6 is 28.3 Å². The Labute approximate surface area is 146 Å². The summed E-state index contributed by atoms with van der Waals surface area (Å²) in [6.07, 6.45) is 2.74. The normalized spacial score (nSPS) is 19.5. The average Bonchev–Trinajstić information content (AvgIpc) is 2.49. The Morgan fingerprint density at radius 1 is 1.41 bits per heavy atom. The summed E-state index contributed by atoms with van der Waals surface area (Å²) in [5, 5.41) is 0. The van der Waals surface area contributed by atoms with Crippen LogP contribution in [0.15, 0.2) is 27.6 Å². The predicted molar refractivity (Wildman–Crippen MR) is 93.1 cm³/mol. The van der Waals surface area contributed by atoms with Crippen LogP contribution < -0.4 is 10.5 Å². The molecule has 0 spiro atoms. The van der Waals surface area contributed by atoms with Gasteiger partial charge >= 0.3 is 0 Å². The van der Waals surface area contributed by atoms with Crippen molar-refractivity contribution in [1.82, 2.24) is 4.31 Å². The monoisotopic (exact) mass is 412 g/mol. The number of hydrogen-bond acceptors (Lipinski definition) is 4. The number of ether oxygens (including phenoxy) is 1. The molecule has 0 amide bonds. The molecule has 126 valence electrons. The van der Waals surface area contributed by atoms with Gasteiger partial charge in [-0.05, 0) is 53.9 Å². The fourth-order valence-corrected chi connectivity index (χ4v) is 4.95. The Morgan fingerprint density at radius 3 is 2.73 bits per heavy atom. The number of halogens is 2. The fourth-order valence-electron chi connectivity index (χ4n) is 2.58. The van der Waals surface area contributed by atoms with Crippen LogP contribution in [0.2, 0.25) is 0 Å². The van der Waals surface area contributed by atoms with E-state index in [0.29, 0.717) is 29.9 Å². The molecule has 0 aliphatic carbocycles. The highest BCUT2D eigenvalue weighted by Gasteiger charge is 2.32. The van der Waals surface area contributed by atoms with Crippen LogP contribution in [-0.4, -0.2) is 38.5 Å². The molecule has 1 aliphatic rings. The van der Waals surface area contributed by atoms with Gasteiger partial charge in [-0.25, -0.2) is 8.42 Å². The molecule has 0 aromatic heterocycles. The van der Waals surface area contributed by atoms with E-state index >= 15 is 0 Å². The first kappa shape index (κ1) is 19.7. The molecule has 2 rings (SSSR count). The molecule has 1 aliphatic heterocycles. The van der Waals surface area contributed by atoms with Gasteiger partial charge in [0.2, 0.25) is 10.0 Å². The van der Waals surface area contributed by atoms with Crippen molar-refractivity contribution in [2.75, 3.05) is 19.7 Å². The quantitative estimate of drug-likeness (QED) is 0.805. The molecule has 5 nitrogen and oxygen atoms in total. The number of piperidine rings is 1. The van der Waals surface area contributed by atoms with Crippen LogP contribution in [0.25, 0.3) is 0 Å². The van der Waals surface area contributed by atoms with Gasteiger partial charge in [0.25, 0.3) is 0 Å². The van der Waals surface area contributed by atoms with E-state index in [1.54, 1.807) is 22.5 Å². The van der Waals surface area contributed by atoms with Gasteiger partial charge < -0.3 is 10.5 Å². The van der Waals surface area contributed by atoms with Crippen molar-refractivity contribution in [1.29, 1.82) is 0 Å². The second-order valence-corrected chi connectivity index (χ2v) is 7.77. The van der Waals surface area contributed by atoms with E-state index in [2.05, 4.69) is 15.9 Å². The molecular formula is C14H22BrClN2O3S. The lowest BCUT2D eigenvalue weighted by Gasteiger charge is -2.33. The second kappa shape index (κ2) is 8.49. The number of hydrogen-bond donors (Lipinski definition) is 1. The Morgan fingerprint density at radius 2 is 2.14 bits per heavy atom. The highest BCUT2D eigenvalue weighted by Crippen LogP contribution is 2.31. The molecule has 2 N–H and O–H groups in total. The van der Waals surface area contributed by atoms with Gasteiger partial charge in [0.1, 0.15) is 5.75 Å². The Hall–Kier alpha value is -0.340. The summed E-state index contributed by atoms with van der Waals surface area (Å²) in [6, 6.07) is 4.77. The number of nitrogens with two attached hydrogens (primary N) is 1. The van der Waals surface area contributed by atoms with E-state index in [1.807, 2.05) is 6.92 Å². The zero-order valence-electron chi connectivity index (χ0n) is 12.5. The van der Waals surface area contributed by atoms with E-state index < -0.39 is 10.0 Å². The number of sulfonamides is 1. The molecule has 1 aromatic rings. The smallest absolute Gasteiger partial charge is 0.243 e. The lowest BCUT2D eigenvalue weighted by atomic mass is 10.1. The SMILES string of the molecule is CCOc1ccc(S(=O)(=O)N2CCCCC2CN)cc1Br.Cl. The van der Waals surface area contributed by atoms with E-state index in [0.717, 1.165) is 19.3 Å². The Bertz CT molecular complexity index is 598. The molecule has 1 atom stereocenters. The molecule has 1 heterocycles. The molecule has 0 bridgehead atoms. The van der Waals surface area contributed by atoms with Gasteiger partial charge in [-0.1, -0.05) is 6.42 Å². The van der Waals surface area contributed by atoms with Gasteiger partial charge in [0, 0.05) is 19.1 Å². The van der Waals surface area contributed by atoms with E-state index in [9.17, 15) is 8.42 Å². The van der Waals surface area contributed by atoms with E-state index in [-0.39, 0.29) is 23.3 Å². The maximum Gasteiger partial charge on any atom is 0.243 e. The molecule has 1 saturated heterocycles. The summed E-state index contributed by atoms with van der Waals surface area (Å²) >= 11 is 3.36. The van der Waals surface area contributed by atoms with Crippen LogP contribution in [0.1, 0.15) is 26.2 Å². The van der Waals surface area contributed by atoms with Crippen LogP contribution in [0.3, 0.4) is 0 Å². The van der Waals surface area contributed by atoms with Crippen molar-refractivity contribution in [3.63, 3.8) is 0 Å². The minimum absolute atomic E-state index is 0.